The predicted molar refractivity (Wildman–Crippen MR) is 69.1 cm³/mol. The second kappa shape index (κ2) is 4.85. The molecule has 0 aromatic rings. The van der Waals surface area contributed by atoms with Gasteiger partial charge in [0.05, 0.1) is 6.54 Å². The molecule has 0 unspecified atom stereocenters. The second-order valence-corrected chi connectivity index (χ2v) is 4.97. The highest BCUT2D eigenvalue weighted by Gasteiger charge is 2.12. The minimum atomic E-state index is 0.634. The lowest BCUT2D eigenvalue weighted by Gasteiger charge is -2.14. The Morgan fingerprint density at radius 3 is 3.00 bits per heavy atom. The van der Waals surface area contributed by atoms with E-state index in [9.17, 15) is 0 Å². The van der Waals surface area contributed by atoms with Gasteiger partial charge in [-0.3, -0.25) is 4.99 Å². The van der Waals surface area contributed by atoms with Crippen molar-refractivity contribution in [2.75, 3.05) is 6.54 Å². The van der Waals surface area contributed by atoms with Crippen LogP contribution < -0.4 is 5.73 Å². The molecule has 1 rings (SSSR count). The minimum Gasteiger partial charge on any atom is -0.378 e. The number of hydrogen-bond acceptors (Lipinski definition) is 3. The van der Waals surface area contributed by atoms with Gasteiger partial charge in [0.15, 0.2) is 5.17 Å². The lowest BCUT2D eigenvalue weighted by molar-refractivity contribution is 1.16. The number of nitrogens with two attached hydrogens (primary N) is 1. The summed E-state index contributed by atoms with van der Waals surface area (Å²) in [5.41, 5.74) is 6.85. The van der Waals surface area contributed by atoms with Crippen LogP contribution in [0.5, 0.6) is 0 Å². The molecule has 0 spiro atoms. The summed E-state index contributed by atoms with van der Waals surface area (Å²) in [6.07, 6.45) is 4.09. The van der Waals surface area contributed by atoms with Crippen molar-refractivity contribution >= 4 is 39.5 Å². The molecule has 0 bridgehead atoms. The first-order chi connectivity index (χ1) is 6.13. The Balaban J connectivity index is 2.95. The zero-order valence-corrected chi connectivity index (χ0v) is 10.4. The third kappa shape index (κ3) is 3.19. The molecule has 0 aliphatic carbocycles. The van der Waals surface area contributed by atoms with Gasteiger partial charge in [0.1, 0.15) is 0 Å². The summed E-state index contributed by atoms with van der Waals surface area (Å²) in [6, 6.07) is 0. The fraction of sp³-hybridized carbons (Fsp3) is 0.222. The molecular weight excluding hydrogens is 295 g/mol. The zero-order valence-electron chi connectivity index (χ0n) is 7.38. The molecule has 0 aromatic carbocycles. The molecule has 0 saturated carbocycles. The number of rotatable bonds is 1. The Bertz CT molecular complexity index is 316. The molecule has 4 heteroatoms. The van der Waals surface area contributed by atoms with Gasteiger partial charge in [0.2, 0.25) is 0 Å². The first-order valence-electron chi connectivity index (χ1n) is 3.83. The third-order valence-electron chi connectivity index (χ3n) is 1.57. The maximum atomic E-state index is 5.63. The third-order valence-corrected chi connectivity index (χ3v) is 2.82. The number of halogens is 1. The van der Waals surface area contributed by atoms with Crippen LogP contribution in [0.4, 0.5) is 0 Å². The van der Waals surface area contributed by atoms with Gasteiger partial charge in [-0.2, -0.15) is 0 Å². The number of thioether (sulfide) groups is 1. The lowest BCUT2D eigenvalue weighted by atomic mass is 10.2. The quantitative estimate of drug-likeness (QED) is 0.757. The van der Waals surface area contributed by atoms with Gasteiger partial charge in [0, 0.05) is 8.48 Å². The molecule has 2 N–H and O–H groups in total. The molecule has 0 amide bonds. The van der Waals surface area contributed by atoms with Gasteiger partial charge in [-0.15, -0.1) is 0 Å². The van der Waals surface area contributed by atoms with Crippen LogP contribution >= 0.6 is 34.4 Å². The van der Waals surface area contributed by atoms with Gasteiger partial charge in [-0.25, -0.2) is 0 Å². The average Bonchev–Trinajstić information content (AvgIpc) is 2.03. The lowest BCUT2D eigenvalue weighted by Crippen LogP contribution is -2.13. The van der Waals surface area contributed by atoms with Crippen molar-refractivity contribution in [3.05, 3.63) is 32.8 Å². The Hall–Kier alpha value is -0.230. The summed E-state index contributed by atoms with van der Waals surface area (Å²) in [5.74, 6) is 0. The van der Waals surface area contributed by atoms with Gasteiger partial charge < -0.3 is 5.73 Å². The molecule has 70 valence electrons. The van der Waals surface area contributed by atoms with Gasteiger partial charge >= 0.3 is 0 Å². The van der Waals surface area contributed by atoms with Crippen LogP contribution in [0.15, 0.2) is 37.8 Å². The average molecular weight is 306 g/mol. The summed E-state index contributed by atoms with van der Waals surface area (Å²) in [6.45, 7) is 6.53. The van der Waals surface area contributed by atoms with Crippen molar-refractivity contribution in [1.82, 2.24) is 0 Å². The van der Waals surface area contributed by atoms with E-state index in [1.807, 2.05) is 13.0 Å². The molecular formula is C9H11IN2S. The number of allylic oxidation sites excluding steroid dienone is 3. The van der Waals surface area contributed by atoms with E-state index in [0.29, 0.717) is 11.7 Å². The summed E-state index contributed by atoms with van der Waals surface area (Å²) in [5, 5.41) is 0.634. The van der Waals surface area contributed by atoms with Crippen LogP contribution in [0.3, 0.4) is 0 Å². The first kappa shape index (κ1) is 10.8. The molecule has 0 aromatic heterocycles. The molecule has 13 heavy (non-hydrogen) atoms. The number of amidine groups is 1. The fourth-order valence-corrected chi connectivity index (χ4v) is 2.34. The SMILES string of the molecule is C=C(I)/C=C1/SC(N)=NC/C1=C/C. The van der Waals surface area contributed by atoms with Crippen LogP contribution in [0.25, 0.3) is 0 Å². The van der Waals surface area contributed by atoms with E-state index in [1.165, 1.54) is 17.3 Å². The van der Waals surface area contributed by atoms with Gasteiger partial charge in [-0.05, 0) is 41.2 Å². The summed E-state index contributed by atoms with van der Waals surface area (Å²) < 4.78 is 1.01. The van der Waals surface area contributed by atoms with Crippen LogP contribution in [0.1, 0.15) is 6.92 Å². The van der Waals surface area contributed by atoms with E-state index in [2.05, 4.69) is 40.2 Å². The van der Waals surface area contributed by atoms with Crippen molar-refractivity contribution in [3.63, 3.8) is 0 Å². The Morgan fingerprint density at radius 2 is 2.46 bits per heavy atom. The summed E-state index contributed by atoms with van der Waals surface area (Å²) >= 11 is 3.69. The molecule has 1 heterocycles. The molecule has 0 fully saturated rings. The van der Waals surface area contributed by atoms with E-state index >= 15 is 0 Å². The minimum absolute atomic E-state index is 0.634. The summed E-state index contributed by atoms with van der Waals surface area (Å²) in [7, 11) is 0. The van der Waals surface area contributed by atoms with Crippen LogP contribution in [0.2, 0.25) is 0 Å². The molecule has 0 radical (unpaired) electrons. The van der Waals surface area contributed by atoms with E-state index < -0.39 is 0 Å². The predicted octanol–water partition coefficient (Wildman–Crippen LogP) is 2.83. The number of nitrogens with zero attached hydrogens (tertiary/aromatic N) is 1. The normalized spacial score (nSPS) is 23.4. The maximum absolute atomic E-state index is 5.63. The van der Waals surface area contributed by atoms with Crippen molar-refractivity contribution in [3.8, 4) is 0 Å². The zero-order chi connectivity index (χ0) is 9.84. The number of hydrogen-bond donors (Lipinski definition) is 1. The molecule has 1 aliphatic heterocycles. The standard InChI is InChI=1S/C9H11IN2S/c1-3-7-5-12-9(11)13-8(7)4-6(2)10/h3-4H,2,5H2,1H3,(H2,11,12)/b7-3-,8-4+. The topological polar surface area (TPSA) is 38.4 Å². The Labute approximate surface area is 96.2 Å². The monoisotopic (exact) mass is 306 g/mol. The molecule has 0 atom stereocenters. The smallest absolute Gasteiger partial charge is 0.159 e. The first-order valence-corrected chi connectivity index (χ1v) is 5.72. The Morgan fingerprint density at radius 1 is 1.77 bits per heavy atom. The molecule has 2 nitrogen and oxygen atoms in total. The van der Waals surface area contributed by atoms with Gasteiger partial charge in [-0.1, -0.05) is 24.4 Å². The highest BCUT2D eigenvalue weighted by Crippen LogP contribution is 2.30. The largest absolute Gasteiger partial charge is 0.378 e. The van der Waals surface area contributed by atoms with Crippen LogP contribution in [0, 0.1) is 0 Å². The van der Waals surface area contributed by atoms with E-state index in [-0.39, 0.29) is 0 Å². The molecule has 0 saturated heterocycles. The van der Waals surface area contributed by atoms with Crippen molar-refractivity contribution in [1.29, 1.82) is 0 Å². The van der Waals surface area contributed by atoms with E-state index in [1.54, 1.807) is 0 Å². The summed E-state index contributed by atoms with van der Waals surface area (Å²) in [4.78, 5) is 5.32. The molecule has 1 aliphatic rings. The Kier molecular flexibility index (Phi) is 4.05. The van der Waals surface area contributed by atoms with Crippen LogP contribution in [-0.4, -0.2) is 11.7 Å². The van der Waals surface area contributed by atoms with E-state index in [0.717, 1.165) is 8.48 Å². The maximum Gasteiger partial charge on any atom is 0.159 e. The highest BCUT2D eigenvalue weighted by atomic mass is 127. The second-order valence-electron chi connectivity index (χ2n) is 2.53. The number of aliphatic imine (C=N–C) groups is 1. The van der Waals surface area contributed by atoms with Gasteiger partial charge in [0.25, 0.3) is 0 Å². The van der Waals surface area contributed by atoms with Crippen molar-refractivity contribution in [2.45, 2.75) is 6.92 Å². The van der Waals surface area contributed by atoms with Crippen LogP contribution in [-0.2, 0) is 0 Å². The fourth-order valence-electron chi connectivity index (χ4n) is 0.949. The van der Waals surface area contributed by atoms with Crippen molar-refractivity contribution < 1.29 is 0 Å². The highest BCUT2D eigenvalue weighted by molar-refractivity contribution is 14.1. The van der Waals surface area contributed by atoms with Crippen molar-refractivity contribution in [2.24, 2.45) is 10.7 Å². The van der Waals surface area contributed by atoms with E-state index in [4.69, 9.17) is 5.73 Å².